The number of carbonyl (C=O) groups is 2. The summed E-state index contributed by atoms with van der Waals surface area (Å²) >= 11 is 0. The Balaban J connectivity index is 1.39. The lowest BCUT2D eigenvalue weighted by Crippen LogP contribution is -2.50. The third-order valence-corrected chi connectivity index (χ3v) is 8.65. The summed E-state index contributed by atoms with van der Waals surface area (Å²) in [7, 11) is -3.12. The minimum atomic E-state index is -3.12. The summed E-state index contributed by atoms with van der Waals surface area (Å²) in [6, 6.07) is 10.8. The minimum absolute atomic E-state index is 0.0215. The van der Waals surface area contributed by atoms with Crippen LogP contribution in [0.4, 0.5) is 0 Å². The third-order valence-electron chi connectivity index (χ3n) is 6.90. The fraction of sp³-hybridized carbons (Fsp3) is 0.400. The first kappa shape index (κ1) is 23.3. The smallest absolute Gasteiger partial charge is 0.289 e. The molecule has 9 nitrogen and oxygen atoms in total. The molecule has 10 heteroatoms. The quantitative estimate of drug-likeness (QED) is 0.550. The van der Waals surface area contributed by atoms with Crippen LogP contribution < -0.4 is 0 Å². The summed E-state index contributed by atoms with van der Waals surface area (Å²) in [5.41, 5.74) is 4.19. The highest BCUT2D eigenvalue weighted by molar-refractivity contribution is 7.91. The highest BCUT2D eigenvalue weighted by atomic mass is 32.2. The van der Waals surface area contributed by atoms with Gasteiger partial charge in [-0.15, -0.1) is 0 Å². The topological polar surface area (TPSA) is 106 Å². The van der Waals surface area contributed by atoms with Crippen LogP contribution >= 0.6 is 0 Å². The monoisotopic (exact) mass is 496 g/mol. The maximum absolute atomic E-state index is 13.4. The number of hydrogen-bond acceptors (Lipinski definition) is 6. The first-order valence-corrected chi connectivity index (χ1v) is 13.5. The Labute approximate surface area is 204 Å². The van der Waals surface area contributed by atoms with Gasteiger partial charge >= 0.3 is 0 Å². The van der Waals surface area contributed by atoms with E-state index >= 15 is 0 Å². The van der Waals surface area contributed by atoms with Gasteiger partial charge in [-0.3, -0.25) is 14.3 Å². The zero-order chi connectivity index (χ0) is 24.7. The molecule has 0 N–H and O–H groups in total. The van der Waals surface area contributed by atoms with Crippen molar-refractivity contribution in [1.29, 1.82) is 0 Å². The SMILES string of the molecule is Cc1ccc(-c2cc(C(=O)N3CCN(C(=O)c4ccco4)CC3)nn2[C@@H]2CCS(=O)(=O)C2)cc1C. The second kappa shape index (κ2) is 8.99. The summed E-state index contributed by atoms with van der Waals surface area (Å²) in [4.78, 5) is 29.3. The zero-order valence-electron chi connectivity index (χ0n) is 19.8. The summed E-state index contributed by atoms with van der Waals surface area (Å²) in [6.07, 6.45) is 1.94. The highest BCUT2D eigenvalue weighted by Crippen LogP contribution is 2.31. The van der Waals surface area contributed by atoms with E-state index in [1.54, 1.807) is 32.7 Å². The molecule has 2 aliphatic rings. The van der Waals surface area contributed by atoms with E-state index in [-0.39, 0.29) is 40.8 Å². The van der Waals surface area contributed by atoms with Crippen LogP contribution in [0.15, 0.2) is 47.1 Å². The van der Waals surface area contributed by atoms with Gasteiger partial charge in [0.1, 0.15) is 0 Å². The molecule has 1 aromatic carbocycles. The van der Waals surface area contributed by atoms with Crippen LogP contribution in [0.5, 0.6) is 0 Å². The lowest BCUT2D eigenvalue weighted by atomic mass is 10.0. The first-order valence-electron chi connectivity index (χ1n) is 11.7. The lowest BCUT2D eigenvalue weighted by Gasteiger charge is -2.33. The van der Waals surface area contributed by atoms with Crippen molar-refractivity contribution < 1.29 is 22.4 Å². The van der Waals surface area contributed by atoms with Gasteiger partial charge in [0.15, 0.2) is 21.3 Å². The van der Waals surface area contributed by atoms with Crippen molar-refractivity contribution >= 4 is 21.7 Å². The Bertz CT molecular complexity index is 1370. The lowest BCUT2D eigenvalue weighted by molar-refractivity contribution is 0.0514. The summed E-state index contributed by atoms with van der Waals surface area (Å²) in [6.45, 7) is 5.62. The minimum Gasteiger partial charge on any atom is -0.459 e. The summed E-state index contributed by atoms with van der Waals surface area (Å²) in [5, 5.41) is 4.62. The standard InChI is InChI=1S/C25H28N4O5S/c1-17-5-6-19(14-18(17)2)22-15-21(26-29(22)20-7-13-35(32,33)16-20)24(30)27-8-10-28(11-9-27)25(31)23-4-3-12-34-23/h3-6,12,14-15,20H,7-11,13,16H2,1-2H3/t20-/m1/s1. The molecule has 2 aromatic heterocycles. The average molecular weight is 497 g/mol. The normalized spacial score (nSPS) is 19.8. The molecule has 5 rings (SSSR count). The molecule has 2 fully saturated rings. The molecule has 0 radical (unpaired) electrons. The Morgan fingerprint density at radius 2 is 1.69 bits per heavy atom. The van der Waals surface area contributed by atoms with Crippen LogP contribution in [0.25, 0.3) is 11.3 Å². The van der Waals surface area contributed by atoms with E-state index in [0.717, 1.165) is 22.4 Å². The third kappa shape index (κ3) is 4.62. The molecule has 35 heavy (non-hydrogen) atoms. The number of aromatic nitrogens is 2. The van der Waals surface area contributed by atoms with Crippen molar-refractivity contribution in [1.82, 2.24) is 19.6 Å². The van der Waals surface area contributed by atoms with Gasteiger partial charge in [0.25, 0.3) is 11.8 Å². The number of nitrogens with zero attached hydrogens (tertiary/aromatic N) is 4. The van der Waals surface area contributed by atoms with Crippen molar-refractivity contribution in [3.8, 4) is 11.3 Å². The number of rotatable bonds is 4. The summed E-state index contributed by atoms with van der Waals surface area (Å²) < 4.78 is 31.3. The molecule has 0 aliphatic carbocycles. The van der Waals surface area contributed by atoms with Crippen LogP contribution in [0.3, 0.4) is 0 Å². The number of hydrogen-bond donors (Lipinski definition) is 0. The highest BCUT2D eigenvalue weighted by Gasteiger charge is 2.33. The van der Waals surface area contributed by atoms with Crippen molar-refractivity contribution in [2.24, 2.45) is 0 Å². The van der Waals surface area contributed by atoms with Crippen LogP contribution in [0, 0.1) is 13.8 Å². The van der Waals surface area contributed by atoms with E-state index in [4.69, 9.17) is 4.42 Å². The molecular formula is C25H28N4O5S. The fourth-order valence-corrected chi connectivity index (χ4v) is 6.38. The molecule has 184 valence electrons. The number of sulfone groups is 1. The molecule has 2 aliphatic heterocycles. The maximum atomic E-state index is 13.4. The second-order valence-corrected chi connectivity index (χ2v) is 11.5. The van der Waals surface area contributed by atoms with Crippen LogP contribution in [-0.2, 0) is 9.84 Å². The Kier molecular flexibility index (Phi) is 6.00. The van der Waals surface area contributed by atoms with Crippen LogP contribution in [0.2, 0.25) is 0 Å². The van der Waals surface area contributed by atoms with Gasteiger partial charge in [-0.2, -0.15) is 5.10 Å². The predicted octanol–water partition coefficient (Wildman–Crippen LogP) is 2.72. The number of furan rings is 1. The van der Waals surface area contributed by atoms with Crippen LogP contribution in [0.1, 0.15) is 44.6 Å². The number of piperazine rings is 1. The largest absolute Gasteiger partial charge is 0.459 e. The van der Waals surface area contributed by atoms with Crippen molar-refractivity contribution in [3.63, 3.8) is 0 Å². The molecule has 3 aromatic rings. The molecule has 0 spiro atoms. The molecule has 1 atom stereocenters. The van der Waals surface area contributed by atoms with Gasteiger partial charge in [0.05, 0.1) is 29.5 Å². The molecular weight excluding hydrogens is 468 g/mol. The first-order chi connectivity index (χ1) is 16.7. The average Bonchev–Trinajstić information content (AvgIpc) is 3.60. The second-order valence-electron chi connectivity index (χ2n) is 9.28. The molecule has 0 saturated carbocycles. The number of benzene rings is 1. The molecule has 2 amide bonds. The van der Waals surface area contributed by atoms with Gasteiger partial charge in [-0.1, -0.05) is 12.1 Å². The fourth-order valence-electron chi connectivity index (χ4n) is 4.69. The number of aryl methyl sites for hydroxylation is 2. The van der Waals surface area contributed by atoms with Crippen LogP contribution in [-0.4, -0.2) is 77.5 Å². The van der Waals surface area contributed by atoms with Gasteiger partial charge in [0.2, 0.25) is 0 Å². The van der Waals surface area contributed by atoms with E-state index < -0.39 is 9.84 Å². The van der Waals surface area contributed by atoms with Crippen molar-refractivity contribution in [2.45, 2.75) is 26.3 Å². The van der Waals surface area contributed by atoms with Gasteiger partial charge in [0, 0.05) is 31.7 Å². The Hall–Kier alpha value is -3.40. The molecule has 2 saturated heterocycles. The van der Waals surface area contributed by atoms with Crippen molar-refractivity contribution in [2.75, 3.05) is 37.7 Å². The predicted molar refractivity (Wildman–Crippen MR) is 130 cm³/mol. The molecule has 0 unspecified atom stereocenters. The van der Waals surface area contributed by atoms with E-state index in [2.05, 4.69) is 5.10 Å². The Morgan fingerprint density at radius 3 is 2.29 bits per heavy atom. The van der Waals surface area contributed by atoms with Gasteiger partial charge in [-0.25, -0.2) is 8.42 Å². The Morgan fingerprint density at radius 1 is 0.971 bits per heavy atom. The zero-order valence-corrected chi connectivity index (χ0v) is 20.6. The number of carbonyl (C=O) groups excluding carboxylic acids is 2. The van der Waals surface area contributed by atoms with E-state index in [9.17, 15) is 18.0 Å². The van der Waals surface area contributed by atoms with E-state index in [1.807, 2.05) is 32.0 Å². The number of amides is 2. The van der Waals surface area contributed by atoms with E-state index in [1.165, 1.54) is 6.26 Å². The molecule has 0 bridgehead atoms. The van der Waals surface area contributed by atoms with Gasteiger partial charge < -0.3 is 14.2 Å². The van der Waals surface area contributed by atoms with Crippen molar-refractivity contribution in [3.05, 3.63) is 65.2 Å². The summed E-state index contributed by atoms with van der Waals surface area (Å²) in [5.74, 6) is 0.0192. The maximum Gasteiger partial charge on any atom is 0.289 e. The van der Waals surface area contributed by atoms with Gasteiger partial charge in [-0.05, 0) is 55.7 Å². The molecule has 4 heterocycles. The van der Waals surface area contributed by atoms with E-state index in [0.29, 0.717) is 32.6 Å².